The number of nitrogen functional groups attached to an aromatic ring is 1. The van der Waals surface area contributed by atoms with Gasteiger partial charge in [-0.05, 0) is 29.0 Å². The van der Waals surface area contributed by atoms with Gasteiger partial charge in [0, 0.05) is 11.1 Å². The summed E-state index contributed by atoms with van der Waals surface area (Å²) in [7, 11) is 0. The first kappa shape index (κ1) is 14.0. The third kappa shape index (κ3) is 2.99. The van der Waals surface area contributed by atoms with Crippen LogP contribution in [0.2, 0.25) is 0 Å². The van der Waals surface area contributed by atoms with Crippen molar-refractivity contribution in [1.29, 1.82) is 0 Å². The molecule has 1 rings (SSSR count). The third-order valence-electron chi connectivity index (χ3n) is 3.09. The summed E-state index contributed by atoms with van der Waals surface area (Å²) in [4.78, 5) is 4.57. The average molecular weight is 234 g/mol. The third-order valence-corrected chi connectivity index (χ3v) is 3.09. The minimum atomic E-state index is 0.0421. The molecule has 0 radical (unpaired) electrons. The van der Waals surface area contributed by atoms with Gasteiger partial charge in [0.1, 0.15) is 5.82 Å². The Kier molecular flexibility index (Phi) is 3.56. The normalized spacial score (nSPS) is 12.9. The van der Waals surface area contributed by atoms with E-state index in [1.165, 1.54) is 11.1 Å². The van der Waals surface area contributed by atoms with Crippen LogP contribution in [0.3, 0.4) is 0 Å². The van der Waals surface area contributed by atoms with Gasteiger partial charge in [0.2, 0.25) is 0 Å². The number of nitrogens with zero attached hydrogens (tertiary/aromatic N) is 1. The van der Waals surface area contributed by atoms with Crippen molar-refractivity contribution >= 4 is 5.82 Å². The Hall–Kier alpha value is -1.05. The van der Waals surface area contributed by atoms with E-state index < -0.39 is 0 Å². The molecule has 0 atom stereocenters. The first-order chi connectivity index (χ1) is 7.57. The van der Waals surface area contributed by atoms with Crippen LogP contribution in [-0.4, -0.2) is 4.98 Å². The highest BCUT2D eigenvalue weighted by molar-refractivity contribution is 5.49. The van der Waals surface area contributed by atoms with Crippen LogP contribution in [0.1, 0.15) is 65.3 Å². The Balaban J connectivity index is 3.51. The number of hydrogen-bond donors (Lipinski definition) is 1. The first-order valence-electron chi connectivity index (χ1n) is 6.37. The molecule has 0 saturated carbocycles. The van der Waals surface area contributed by atoms with Crippen LogP contribution in [0.25, 0.3) is 0 Å². The van der Waals surface area contributed by atoms with Crippen LogP contribution in [0.5, 0.6) is 0 Å². The van der Waals surface area contributed by atoms with Crippen molar-refractivity contribution in [2.75, 3.05) is 5.73 Å². The van der Waals surface area contributed by atoms with Gasteiger partial charge in [0.25, 0.3) is 0 Å². The van der Waals surface area contributed by atoms with Crippen molar-refractivity contribution in [3.8, 4) is 0 Å². The Morgan fingerprint density at radius 2 is 1.59 bits per heavy atom. The van der Waals surface area contributed by atoms with E-state index in [2.05, 4.69) is 59.5 Å². The molecule has 0 aliphatic heterocycles. The van der Waals surface area contributed by atoms with Crippen molar-refractivity contribution in [1.82, 2.24) is 4.98 Å². The zero-order chi connectivity index (χ0) is 13.4. The molecule has 0 unspecified atom stereocenters. The lowest BCUT2D eigenvalue weighted by Gasteiger charge is -2.27. The Morgan fingerprint density at radius 1 is 1.06 bits per heavy atom. The lowest BCUT2D eigenvalue weighted by molar-refractivity contribution is 0.550. The standard InChI is InChI=1S/C15H26N2/c1-8-10-11(14(2,3)4)9-12(15(5,6)7)17-13(10)16/h9H,8H2,1-7H3,(H2,16,17). The maximum absolute atomic E-state index is 6.11. The van der Waals surface area contributed by atoms with Crippen LogP contribution in [0.15, 0.2) is 6.07 Å². The van der Waals surface area contributed by atoms with Crippen molar-refractivity contribution in [2.24, 2.45) is 0 Å². The second-order valence-corrected chi connectivity index (χ2v) is 6.77. The summed E-state index contributed by atoms with van der Waals surface area (Å²) in [6, 6.07) is 2.23. The molecule has 0 aliphatic carbocycles. The topological polar surface area (TPSA) is 38.9 Å². The summed E-state index contributed by atoms with van der Waals surface area (Å²) >= 11 is 0. The van der Waals surface area contributed by atoms with E-state index in [0.717, 1.165) is 12.1 Å². The predicted octanol–water partition coefficient (Wildman–Crippen LogP) is 3.82. The molecule has 2 N–H and O–H groups in total. The van der Waals surface area contributed by atoms with E-state index in [9.17, 15) is 0 Å². The Labute approximate surface area is 106 Å². The summed E-state index contributed by atoms with van der Waals surface area (Å²) in [5.74, 6) is 0.699. The van der Waals surface area contributed by atoms with Gasteiger partial charge in [-0.2, -0.15) is 0 Å². The van der Waals surface area contributed by atoms with Crippen LogP contribution in [0.4, 0.5) is 5.82 Å². The highest BCUT2D eigenvalue weighted by Crippen LogP contribution is 2.32. The lowest BCUT2D eigenvalue weighted by Crippen LogP contribution is -2.21. The van der Waals surface area contributed by atoms with Gasteiger partial charge in [-0.1, -0.05) is 48.5 Å². The Morgan fingerprint density at radius 3 is 1.94 bits per heavy atom. The van der Waals surface area contributed by atoms with E-state index in [-0.39, 0.29) is 10.8 Å². The molecule has 17 heavy (non-hydrogen) atoms. The monoisotopic (exact) mass is 234 g/mol. The van der Waals surface area contributed by atoms with Crippen LogP contribution >= 0.6 is 0 Å². The maximum atomic E-state index is 6.11. The summed E-state index contributed by atoms with van der Waals surface area (Å²) in [5.41, 5.74) is 9.88. The van der Waals surface area contributed by atoms with Gasteiger partial charge in [0.15, 0.2) is 0 Å². The van der Waals surface area contributed by atoms with Gasteiger partial charge in [-0.25, -0.2) is 4.98 Å². The van der Waals surface area contributed by atoms with Gasteiger partial charge in [0.05, 0.1) is 0 Å². The molecule has 1 aromatic rings. The molecule has 0 aliphatic rings. The smallest absolute Gasteiger partial charge is 0.127 e. The fourth-order valence-electron chi connectivity index (χ4n) is 2.02. The SMILES string of the molecule is CCc1c(C(C)(C)C)cc(C(C)(C)C)nc1N. The second kappa shape index (κ2) is 4.32. The molecule has 0 aromatic carbocycles. The highest BCUT2D eigenvalue weighted by Gasteiger charge is 2.24. The molecule has 1 heterocycles. The fraction of sp³-hybridized carbons (Fsp3) is 0.667. The van der Waals surface area contributed by atoms with E-state index in [1.807, 2.05) is 0 Å². The summed E-state index contributed by atoms with van der Waals surface area (Å²) in [5, 5.41) is 0. The average Bonchev–Trinajstić information content (AvgIpc) is 2.13. The molecule has 96 valence electrons. The maximum Gasteiger partial charge on any atom is 0.127 e. The van der Waals surface area contributed by atoms with E-state index in [0.29, 0.717) is 5.82 Å². The second-order valence-electron chi connectivity index (χ2n) is 6.77. The highest BCUT2D eigenvalue weighted by atomic mass is 14.9. The molecule has 0 saturated heterocycles. The Bertz CT molecular complexity index is 406. The number of pyridine rings is 1. The zero-order valence-corrected chi connectivity index (χ0v) is 12.3. The first-order valence-corrected chi connectivity index (χ1v) is 6.37. The van der Waals surface area contributed by atoms with E-state index in [4.69, 9.17) is 5.73 Å². The van der Waals surface area contributed by atoms with Crippen LogP contribution in [-0.2, 0) is 17.3 Å². The quantitative estimate of drug-likeness (QED) is 0.802. The number of anilines is 1. The van der Waals surface area contributed by atoms with Crippen molar-refractivity contribution in [3.63, 3.8) is 0 Å². The molecule has 0 amide bonds. The molecular weight excluding hydrogens is 208 g/mol. The molecule has 2 nitrogen and oxygen atoms in total. The fourth-order valence-corrected chi connectivity index (χ4v) is 2.02. The minimum absolute atomic E-state index is 0.0421. The molecule has 0 bridgehead atoms. The summed E-state index contributed by atoms with van der Waals surface area (Å²) < 4.78 is 0. The van der Waals surface area contributed by atoms with Crippen LogP contribution < -0.4 is 5.73 Å². The lowest BCUT2D eigenvalue weighted by atomic mass is 9.80. The predicted molar refractivity (Wildman–Crippen MR) is 75.4 cm³/mol. The zero-order valence-electron chi connectivity index (χ0n) is 12.3. The van der Waals surface area contributed by atoms with E-state index >= 15 is 0 Å². The molecular formula is C15H26N2. The van der Waals surface area contributed by atoms with E-state index in [1.54, 1.807) is 0 Å². The number of hydrogen-bond acceptors (Lipinski definition) is 2. The number of aromatic nitrogens is 1. The molecule has 2 heteroatoms. The minimum Gasteiger partial charge on any atom is -0.383 e. The molecule has 1 aromatic heterocycles. The number of nitrogens with two attached hydrogens (primary N) is 1. The van der Waals surface area contributed by atoms with Crippen molar-refractivity contribution in [3.05, 3.63) is 22.9 Å². The summed E-state index contributed by atoms with van der Waals surface area (Å²) in [6.07, 6.45) is 0.940. The van der Waals surface area contributed by atoms with Gasteiger partial charge in [-0.3, -0.25) is 0 Å². The van der Waals surface area contributed by atoms with Gasteiger partial charge in [-0.15, -0.1) is 0 Å². The van der Waals surface area contributed by atoms with Crippen molar-refractivity contribution in [2.45, 2.75) is 65.7 Å². The van der Waals surface area contributed by atoms with Gasteiger partial charge >= 0.3 is 0 Å². The largest absolute Gasteiger partial charge is 0.383 e. The van der Waals surface area contributed by atoms with Crippen LogP contribution in [0, 0.1) is 0 Å². The van der Waals surface area contributed by atoms with Crippen molar-refractivity contribution < 1.29 is 0 Å². The molecule has 0 spiro atoms. The molecule has 0 fully saturated rings. The van der Waals surface area contributed by atoms with Gasteiger partial charge < -0.3 is 5.73 Å². The summed E-state index contributed by atoms with van der Waals surface area (Å²) in [6.45, 7) is 15.3. The number of rotatable bonds is 1.